The third kappa shape index (κ3) is 4.91. The van der Waals surface area contributed by atoms with Crippen molar-refractivity contribution < 1.29 is 9.13 Å². The van der Waals surface area contributed by atoms with E-state index in [1.165, 1.54) is 12.1 Å². The fraction of sp³-hybridized carbons (Fsp3) is 0.500. The number of benzene rings is 1. The van der Waals surface area contributed by atoms with Gasteiger partial charge in [-0.25, -0.2) is 4.39 Å². The van der Waals surface area contributed by atoms with Crippen LogP contribution in [0.1, 0.15) is 18.9 Å². The van der Waals surface area contributed by atoms with E-state index >= 15 is 0 Å². The molecule has 0 fully saturated rings. The quantitative estimate of drug-likeness (QED) is 0.779. The Balaban J connectivity index is 2.27. The molecule has 0 aliphatic heterocycles. The zero-order valence-corrected chi connectivity index (χ0v) is 9.29. The van der Waals surface area contributed by atoms with Gasteiger partial charge in [0.2, 0.25) is 0 Å². The lowest BCUT2D eigenvalue weighted by Gasteiger charge is -2.13. The molecule has 3 heteroatoms. The normalized spacial score (nSPS) is 12.7. The van der Waals surface area contributed by atoms with E-state index in [1.54, 1.807) is 19.2 Å². The van der Waals surface area contributed by atoms with Crippen molar-refractivity contribution in [3.8, 4) is 0 Å². The fourth-order valence-corrected chi connectivity index (χ4v) is 1.29. The maximum atomic E-state index is 12.6. The first-order valence-electron chi connectivity index (χ1n) is 5.19. The van der Waals surface area contributed by atoms with Crippen molar-refractivity contribution in [3.63, 3.8) is 0 Å². The topological polar surface area (TPSA) is 21.3 Å². The Morgan fingerprint density at radius 3 is 2.60 bits per heavy atom. The second kappa shape index (κ2) is 6.53. The van der Waals surface area contributed by atoms with Crippen molar-refractivity contribution in [1.29, 1.82) is 0 Å². The number of rotatable bonds is 6. The average molecular weight is 211 g/mol. The van der Waals surface area contributed by atoms with Crippen molar-refractivity contribution in [2.24, 2.45) is 0 Å². The van der Waals surface area contributed by atoms with Crippen LogP contribution in [0.4, 0.5) is 4.39 Å². The second-order valence-corrected chi connectivity index (χ2v) is 3.69. The van der Waals surface area contributed by atoms with Crippen molar-refractivity contribution in [1.82, 2.24) is 5.32 Å². The van der Waals surface area contributed by atoms with Crippen LogP contribution in [0.5, 0.6) is 0 Å². The van der Waals surface area contributed by atoms with Crippen molar-refractivity contribution in [3.05, 3.63) is 35.6 Å². The van der Waals surface area contributed by atoms with Gasteiger partial charge in [0.25, 0.3) is 0 Å². The van der Waals surface area contributed by atoms with Crippen LogP contribution < -0.4 is 5.32 Å². The molecule has 1 N–H and O–H groups in total. The Bertz CT molecular complexity index is 273. The van der Waals surface area contributed by atoms with E-state index in [4.69, 9.17) is 4.74 Å². The molecule has 2 nitrogen and oxygen atoms in total. The van der Waals surface area contributed by atoms with Crippen molar-refractivity contribution in [2.75, 3.05) is 13.7 Å². The number of halogens is 1. The molecule has 0 bridgehead atoms. The number of ether oxygens (including phenoxy) is 1. The number of nitrogens with one attached hydrogen (secondary N) is 1. The summed E-state index contributed by atoms with van der Waals surface area (Å²) in [5.41, 5.74) is 1.10. The zero-order chi connectivity index (χ0) is 11.1. The van der Waals surface area contributed by atoms with Gasteiger partial charge in [-0.05, 0) is 31.0 Å². The molecule has 0 saturated heterocycles. The summed E-state index contributed by atoms with van der Waals surface area (Å²) >= 11 is 0. The summed E-state index contributed by atoms with van der Waals surface area (Å²) in [4.78, 5) is 0. The van der Waals surface area contributed by atoms with Crippen LogP contribution in [0.15, 0.2) is 24.3 Å². The average Bonchev–Trinajstić information content (AvgIpc) is 2.25. The Hall–Kier alpha value is -0.930. The van der Waals surface area contributed by atoms with Gasteiger partial charge in [-0.2, -0.15) is 0 Å². The minimum Gasteiger partial charge on any atom is -0.385 e. The van der Waals surface area contributed by atoms with E-state index in [0.717, 1.165) is 25.1 Å². The molecule has 0 saturated carbocycles. The lowest BCUT2D eigenvalue weighted by atomic mass is 10.2. The van der Waals surface area contributed by atoms with Crippen LogP contribution in [0, 0.1) is 5.82 Å². The molecule has 84 valence electrons. The first-order chi connectivity index (χ1) is 7.22. The Morgan fingerprint density at radius 1 is 1.33 bits per heavy atom. The van der Waals surface area contributed by atoms with Gasteiger partial charge in [-0.15, -0.1) is 0 Å². The molecule has 0 spiro atoms. The Morgan fingerprint density at radius 2 is 2.00 bits per heavy atom. The molecule has 15 heavy (non-hydrogen) atoms. The van der Waals surface area contributed by atoms with Gasteiger partial charge in [0.05, 0.1) is 0 Å². The van der Waals surface area contributed by atoms with Crippen molar-refractivity contribution in [2.45, 2.75) is 25.9 Å². The SMILES string of the molecule is COCCC(C)NCc1ccc(F)cc1. The smallest absolute Gasteiger partial charge is 0.123 e. The number of methoxy groups -OCH3 is 1. The second-order valence-electron chi connectivity index (χ2n) is 3.69. The first kappa shape index (κ1) is 12.1. The highest BCUT2D eigenvalue weighted by Gasteiger charge is 2.00. The van der Waals surface area contributed by atoms with Crippen LogP contribution >= 0.6 is 0 Å². The van der Waals surface area contributed by atoms with Gasteiger partial charge in [0.15, 0.2) is 0 Å². The summed E-state index contributed by atoms with van der Waals surface area (Å²) in [6, 6.07) is 6.97. The maximum Gasteiger partial charge on any atom is 0.123 e. The molecule has 1 aromatic carbocycles. The highest BCUT2D eigenvalue weighted by atomic mass is 19.1. The minimum atomic E-state index is -0.189. The third-order valence-electron chi connectivity index (χ3n) is 2.32. The molecule has 1 aromatic rings. The molecule has 0 radical (unpaired) electrons. The first-order valence-corrected chi connectivity index (χ1v) is 5.19. The zero-order valence-electron chi connectivity index (χ0n) is 9.29. The number of hydrogen-bond acceptors (Lipinski definition) is 2. The van der Waals surface area contributed by atoms with Gasteiger partial charge in [0.1, 0.15) is 5.82 Å². The van der Waals surface area contributed by atoms with Gasteiger partial charge in [-0.1, -0.05) is 12.1 Å². The van der Waals surface area contributed by atoms with Crippen LogP contribution in [0.3, 0.4) is 0 Å². The summed E-state index contributed by atoms with van der Waals surface area (Å²) in [6.07, 6.45) is 0.984. The predicted octanol–water partition coefficient (Wildman–Crippen LogP) is 2.34. The monoisotopic (exact) mass is 211 g/mol. The van der Waals surface area contributed by atoms with Gasteiger partial charge in [0, 0.05) is 26.3 Å². The molecule has 0 aliphatic carbocycles. The molecular formula is C12H18FNO. The van der Waals surface area contributed by atoms with E-state index in [0.29, 0.717) is 6.04 Å². The molecule has 0 heterocycles. The third-order valence-corrected chi connectivity index (χ3v) is 2.32. The molecule has 0 aromatic heterocycles. The van der Waals surface area contributed by atoms with Crippen LogP contribution in [-0.4, -0.2) is 19.8 Å². The predicted molar refractivity (Wildman–Crippen MR) is 59.2 cm³/mol. The van der Waals surface area contributed by atoms with E-state index in [9.17, 15) is 4.39 Å². The van der Waals surface area contributed by atoms with Crippen LogP contribution in [-0.2, 0) is 11.3 Å². The molecular weight excluding hydrogens is 193 g/mol. The highest BCUT2D eigenvalue weighted by Crippen LogP contribution is 2.03. The summed E-state index contributed by atoms with van der Waals surface area (Å²) in [5, 5.41) is 3.35. The molecule has 1 atom stereocenters. The van der Waals surface area contributed by atoms with Crippen LogP contribution in [0.25, 0.3) is 0 Å². The summed E-state index contributed by atoms with van der Waals surface area (Å²) in [5.74, 6) is -0.189. The van der Waals surface area contributed by atoms with E-state index in [-0.39, 0.29) is 5.82 Å². The molecule has 1 unspecified atom stereocenters. The highest BCUT2D eigenvalue weighted by molar-refractivity contribution is 5.15. The summed E-state index contributed by atoms with van der Waals surface area (Å²) < 4.78 is 17.6. The largest absolute Gasteiger partial charge is 0.385 e. The van der Waals surface area contributed by atoms with E-state index in [2.05, 4.69) is 12.2 Å². The van der Waals surface area contributed by atoms with Gasteiger partial charge in [-0.3, -0.25) is 0 Å². The summed E-state index contributed by atoms with van der Waals surface area (Å²) in [6.45, 7) is 3.64. The van der Waals surface area contributed by atoms with Crippen molar-refractivity contribution >= 4 is 0 Å². The molecule has 0 aliphatic rings. The van der Waals surface area contributed by atoms with Crippen LogP contribution in [0.2, 0.25) is 0 Å². The van der Waals surface area contributed by atoms with Gasteiger partial charge >= 0.3 is 0 Å². The lowest BCUT2D eigenvalue weighted by Crippen LogP contribution is -2.26. The fourth-order valence-electron chi connectivity index (χ4n) is 1.29. The Kier molecular flexibility index (Phi) is 5.29. The number of hydrogen-bond donors (Lipinski definition) is 1. The standard InChI is InChI=1S/C12H18FNO/c1-10(7-8-15-2)14-9-11-3-5-12(13)6-4-11/h3-6,10,14H,7-9H2,1-2H3. The molecule has 1 rings (SSSR count). The molecule has 0 amide bonds. The lowest BCUT2D eigenvalue weighted by molar-refractivity contribution is 0.184. The maximum absolute atomic E-state index is 12.6. The Labute approximate surface area is 90.4 Å². The minimum absolute atomic E-state index is 0.189. The van der Waals surface area contributed by atoms with E-state index in [1.807, 2.05) is 0 Å². The van der Waals surface area contributed by atoms with Gasteiger partial charge < -0.3 is 10.1 Å². The van der Waals surface area contributed by atoms with E-state index < -0.39 is 0 Å². The summed E-state index contributed by atoms with van der Waals surface area (Å²) in [7, 11) is 1.70.